The van der Waals surface area contributed by atoms with Gasteiger partial charge in [0.05, 0.1) is 17.7 Å². The summed E-state index contributed by atoms with van der Waals surface area (Å²) < 4.78 is 1.66. The highest BCUT2D eigenvalue weighted by atomic mass is 16.2. The molecule has 3 rings (SSSR count). The van der Waals surface area contributed by atoms with Crippen LogP contribution in [0.25, 0.3) is 0 Å². The van der Waals surface area contributed by atoms with Crippen molar-refractivity contribution < 1.29 is 9.59 Å². The Bertz CT molecular complexity index is 691. The maximum absolute atomic E-state index is 12.2. The number of benzene rings is 1. The van der Waals surface area contributed by atoms with E-state index in [1.54, 1.807) is 23.7 Å². The van der Waals surface area contributed by atoms with Crippen molar-refractivity contribution in [2.24, 2.45) is 7.05 Å². The third kappa shape index (κ3) is 1.67. The van der Waals surface area contributed by atoms with Gasteiger partial charge in [0.1, 0.15) is 6.33 Å². The first-order valence-corrected chi connectivity index (χ1v) is 5.66. The summed E-state index contributed by atoms with van der Waals surface area (Å²) in [5.74, 6) is -0.138. The molecule has 1 aliphatic heterocycles. The van der Waals surface area contributed by atoms with Crippen LogP contribution in [0.3, 0.4) is 0 Å². The van der Waals surface area contributed by atoms with Gasteiger partial charge in [0.2, 0.25) is 0 Å². The van der Waals surface area contributed by atoms with Gasteiger partial charge < -0.3 is 10.3 Å². The number of hydrogen-bond donors (Lipinski definition) is 1. The van der Waals surface area contributed by atoms with Crippen LogP contribution in [0.5, 0.6) is 0 Å². The van der Waals surface area contributed by atoms with Crippen molar-refractivity contribution in [2.75, 3.05) is 5.73 Å². The number of aryl methyl sites for hydroxylation is 1. The SMILES string of the molecule is Cn1cnnc1CN1C(=O)c2ccc(N)cc2C1=O. The Morgan fingerprint density at radius 3 is 2.63 bits per heavy atom. The molecule has 2 amide bonds. The van der Waals surface area contributed by atoms with Gasteiger partial charge >= 0.3 is 0 Å². The van der Waals surface area contributed by atoms with Crippen molar-refractivity contribution in [2.45, 2.75) is 6.54 Å². The van der Waals surface area contributed by atoms with E-state index in [9.17, 15) is 9.59 Å². The predicted molar refractivity (Wildman–Crippen MR) is 66.1 cm³/mol. The number of hydrogen-bond acceptors (Lipinski definition) is 5. The van der Waals surface area contributed by atoms with Crippen molar-refractivity contribution in [3.8, 4) is 0 Å². The first-order valence-electron chi connectivity index (χ1n) is 5.66. The van der Waals surface area contributed by atoms with E-state index in [2.05, 4.69) is 10.2 Å². The van der Waals surface area contributed by atoms with Crippen molar-refractivity contribution in [1.82, 2.24) is 19.7 Å². The fourth-order valence-corrected chi connectivity index (χ4v) is 2.04. The van der Waals surface area contributed by atoms with Crippen LogP contribution in [0.2, 0.25) is 0 Å². The Balaban J connectivity index is 1.97. The van der Waals surface area contributed by atoms with Gasteiger partial charge in [0, 0.05) is 12.7 Å². The molecule has 0 atom stereocenters. The fraction of sp³-hybridized carbons (Fsp3) is 0.167. The normalized spacial score (nSPS) is 14.1. The molecule has 0 aliphatic carbocycles. The van der Waals surface area contributed by atoms with E-state index in [0.717, 1.165) is 4.90 Å². The zero-order valence-electron chi connectivity index (χ0n) is 10.2. The summed E-state index contributed by atoms with van der Waals surface area (Å²) in [7, 11) is 1.76. The Labute approximate surface area is 108 Å². The second-order valence-corrected chi connectivity index (χ2v) is 4.36. The molecular formula is C12H11N5O2. The number of amides is 2. The van der Waals surface area contributed by atoms with E-state index in [0.29, 0.717) is 22.6 Å². The molecule has 2 N–H and O–H groups in total. The van der Waals surface area contributed by atoms with Gasteiger partial charge in [0.15, 0.2) is 5.82 Å². The van der Waals surface area contributed by atoms with Gasteiger partial charge in [-0.3, -0.25) is 14.5 Å². The number of carbonyl (C=O) groups excluding carboxylic acids is 2. The van der Waals surface area contributed by atoms with Gasteiger partial charge in [-0.1, -0.05) is 0 Å². The van der Waals surface area contributed by atoms with Crippen LogP contribution < -0.4 is 5.73 Å². The summed E-state index contributed by atoms with van der Waals surface area (Å²) in [6.45, 7) is 0.1000. The maximum Gasteiger partial charge on any atom is 0.262 e. The van der Waals surface area contributed by atoms with E-state index < -0.39 is 0 Å². The van der Waals surface area contributed by atoms with Crippen LogP contribution in [0, 0.1) is 0 Å². The fourth-order valence-electron chi connectivity index (χ4n) is 2.04. The summed E-state index contributed by atoms with van der Waals surface area (Å²) in [6, 6.07) is 4.70. The molecule has 2 heterocycles. The first-order chi connectivity index (χ1) is 9.08. The molecular weight excluding hydrogens is 246 g/mol. The van der Waals surface area contributed by atoms with Gasteiger partial charge in [0.25, 0.3) is 11.8 Å². The highest BCUT2D eigenvalue weighted by Crippen LogP contribution is 2.25. The standard InChI is InChI=1S/C12H11N5O2/c1-16-6-14-15-10(16)5-17-11(18)8-3-2-7(13)4-9(8)12(17)19/h2-4,6H,5,13H2,1H3. The van der Waals surface area contributed by atoms with Gasteiger partial charge in [-0.05, 0) is 18.2 Å². The maximum atomic E-state index is 12.2. The molecule has 2 aromatic rings. The molecule has 0 saturated carbocycles. The van der Waals surface area contributed by atoms with Gasteiger partial charge in [-0.2, -0.15) is 0 Å². The third-order valence-corrected chi connectivity index (χ3v) is 3.10. The van der Waals surface area contributed by atoms with Gasteiger partial charge in [-0.15, -0.1) is 10.2 Å². The number of imide groups is 1. The summed E-state index contributed by atoms with van der Waals surface area (Å²) in [5, 5.41) is 7.59. The van der Waals surface area contributed by atoms with Gasteiger partial charge in [-0.25, -0.2) is 0 Å². The number of anilines is 1. The van der Waals surface area contributed by atoms with Crippen molar-refractivity contribution in [3.63, 3.8) is 0 Å². The van der Waals surface area contributed by atoms with E-state index in [1.165, 1.54) is 12.4 Å². The lowest BCUT2D eigenvalue weighted by atomic mass is 10.1. The second kappa shape index (κ2) is 3.91. The Morgan fingerprint density at radius 1 is 1.21 bits per heavy atom. The van der Waals surface area contributed by atoms with E-state index in [4.69, 9.17) is 5.73 Å². The number of fused-ring (bicyclic) bond motifs is 1. The van der Waals surface area contributed by atoms with Crippen LogP contribution >= 0.6 is 0 Å². The largest absolute Gasteiger partial charge is 0.399 e. The minimum atomic E-state index is -0.352. The summed E-state index contributed by atoms with van der Waals surface area (Å²) in [5.41, 5.74) is 6.81. The predicted octanol–water partition coefficient (Wildman–Crippen LogP) is 0.193. The molecule has 0 unspecified atom stereocenters. The Kier molecular flexibility index (Phi) is 2.34. The summed E-state index contributed by atoms with van der Waals surface area (Å²) >= 11 is 0. The van der Waals surface area contributed by atoms with Crippen LogP contribution in [0.15, 0.2) is 24.5 Å². The van der Waals surface area contributed by atoms with Crippen LogP contribution in [-0.2, 0) is 13.6 Å². The quantitative estimate of drug-likeness (QED) is 0.612. The molecule has 7 nitrogen and oxygen atoms in total. The first kappa shape index (κ1) is 11.4. The monoisotopic (exact) mass is 257 g/mol. The Hall–Kier alpha value is -2.70. The lowest BCUT2D eigenvalue weighted by molar-refractivity contribution is 0.0637. The zero-order valence-corrected chi connectivity index (χ0v) is 10.2. The van der Waals surface area contributed by atoms with Crippen LogP contribution in [0.1, 0.15) is 26.5 Å². The van der Waals surface area contributed by atoms with Crippen molar-refractivity contribution in [3.05, 3.63) is 41.5 Å². The number of rotatable bonds is 2. The number of nitrogens with zero attached hydrogens (tertiary/aromatic N) is 4. The van der Waals surface area contributed by atoms with E-state index >= 15 is 0 Å². The lowest BCUT2D eigenvalue weighted by Gasteiger charge is -2.12. The molecule has 1 aliphatic rings. The highest BCUT2D eigenvalue weighted by molar-refractivity contribution is 6.21. The molecule has 1 aromatic heterocycles. The molecule has 7 heteroatoms. The second-order valence-electron chi connectivity index (χ2n) is 4.36. The van der Waals surface area contributed by atoms with E-state index in [-0.39, 0.29) is 18.4 Å². The number of aromatic nitrogens is 3. The summed E-state index contributed by atoms with van der Waals surface area (Å²) in [4.78, 5) is 25.5. The molecule has 96 valence electrons. The molecule has 0 fully saturated rings. The number of nitrogens with two attached hydrogens (primary N) is 1. The smallest absolute Gasteiger partial charge is 0.262 e. The minimum absolute atomic E-state index is 0.1000. The van der Waals surface area contributed by atoms with Crippen molar-refractivity contribution in [1.29, 1.82) is 0 Å². The molecule has 0 saturated heterocycles. The average molecular weight is 257 g/mol. The zero-order chi connectivity index (χ0) is 13.6. The summed E-state index contributed by atoms with van der Waals surface area (Å²) in [6.07, 6.45) is 1.52. The number of carbonyl (C=O) groups is 2. The van der Waals surface area contributed by atoms with Crippen molar-refractivity contribution >= 4 is 17.5 Å². The topological polar surface area (TPSA) is 94.1 Å². The molecule has 1 aromatic carbocycles. The lowest BCUT2D eigenvalue weighted by Crippen LogP contribution is -2.30. The highest BCUT2D eigenvalue weighted by Gasteiger charge is 2.36. The molecule has 0 radical (unpaired) electrons. The molecule has 0 spiro atoms. The Morgan fingerprint density at radius 2 is 1.95 bits per heavy atom. The number of nitrogen functional groups attached to an aromatic ring is 1. The van der Waals surface area contributed by atoms with Crippen LogP contribution in [-0.4, -0.2) is 31.5 Å². The third-order valence-electron chi connectivity index (χ3n) is 3.10. The van der Waals surface area contributed by atoms with Crippen LogP contribution in [0.4, 0.5) is 5.69 Å². The molecule has 19 heavy (non-hydrogen) atoms. The molecule has 0 bridgehead atoms. The minimum Gasteiger partial charge on any atom is -0.399 e. The average Bonchev–Trinajstić information content (AvgIpc) is 2.88. The van der Waals surface area contributed by atoms with E-state index in [1.807, 2.05) is 0 Å².